The minimum atomic E-state index is -1.31. The predicted molar refractivity (Wildman–Crippen MR) is 310 cm³/mol. The molecule has 12 atom stereocenters. The summed E-state index contributed by atoms with van der Waals surface area (Å²) in [4.78, 5) is 45.8. The van der Waals surface area contributed by atoms with Crippen LogP contribution in [0.25, 0.3) is 17.0 Å². The first-order chi connectivity index (χ1) is 39.6. The lowest BCUT2D eigenvalue weighted by atomic mass is 9.56. The van der Waals surface area contributed by atoms with Gasteiger partial charge in [0.1, 0.15) is 11.3 Å². The zero-order valence-corrected chi connectivity index (χ0v) is 47.0. The van der Waals surface area contributed by atoms with E-state index in [2.05, 4.69) is 91.0 Å². The van der Waals surface area contributed by atoms with Crippen molar-refractivity contribution in [1.29, 1.82) is 0 Å². The third kappa shape index (κ3) is 9.28. The highest BCUT2D eigenvalue weighted by Gasteiger charge is 2.63. The normalized spacial score (nSPS) is 31.4. The van der Waals surface area contributed by atoms with E-state index < -0.39 is 47.9 Å². The lowest BCUT2D eigenvalue weighted by Crippen LogP contribution is -2.64. The Hall–Kier alpha value is -6.11. The number of aliphatic hydroxyl groups is 3. The van der Waals surface area contributed by atoms with Crippen molar-refractivity contribution in [1.82, 2.24) is 0 Å². The molecule has 424 valence electrons. The molecule has 81 heavy (non-hydrogen) atoms. The summed E-state index contributed by atoms with van der Waals surface area (Å²) >= 11 is 0. The Labute approximate surface area is 475 Å². The van der Waals surface area contributed by atoms with Crippen molar-refractivity contribution in [2.24, 2.45) is 29.6 Å². The molecule has 4 heterocycles. The van der Waals surface area contributed by atoms with Crippen LogP contribution in [0.2, 0.25) is 0 Å². The number of carbonyl (C=O) groups excluding carboxylic acids is 2. The van der Waals surface area contributed by atoms with Crippen molar-refractivity contribution < 1.29 is 48.3 Å². The van der Waals surface area contributed by atoms with Crippen LogP contribution in [0.4, 0.5) is 0 Å². The molecular formula is C70H78O11. The number of hydrogen-bond acceptors (Lipinski definition) is 11. The van der Waals surface area contributed by atoms with Crippen molar-refractivity contribution in [3.8, 4) is 5.75 Å². The second-order valence-corrected chi connectivity index (χ2v) is 25.2. The van der Waals surface area contributed by atoms with Gasteiger partial charge in [-0.1, -0.05) is 110 Å². The molecule has 5 aliphatic carbocycles. The number of aliphatic hydroxyl groups excluding tert-OH is 3. The summed E-state index contributed by atoms with van der Waals surface area (Å²) in [6, 6.07) is 29.0. The quantitative estimate of drug-likeness (QED) is 0.0557. The number of benzene rings is 4. The van der Waals surface area contributed by atoms with Crippen molar-refractivity contribution in [2.75, 3.05) is 26.9 Å². The van der Waals surface area contributed by atoms with E-state index in [4.69, 9.17) is 23.4 Å². The number of rotatable bonds is 9. The average Bonchev–Trinajstić information content (AvgIpc) is 3.57. The Bertz CT molecular complexity index is 3400. The summed E-state index contributed by atoms with van der Waals surface area (Å²) in [5.74, 6) is -0.664. The molecule has 5 aromatic rings. The highest BCUT2D eigenvalue weighted by atomic mass is 16.6. The van der Waals surface area contributed by atoms with Crippen LogP contribution >= 0.6 is 0 Å². The number of carbonyl (C=O) groups is 2. The molecule has 3 aliphatic heterocycles. The van der Waals surface area contributed by atoms with Gasteiger partial charge in [0.05, 0.1) is 25.4 Å². The van der Waals surface area contributed by atoms with Gasteiger partial charge >= 0.3 is 17.6 Å². The number of aryl methyl sites for hydroxylation is 2. The highest BCUT2D eigenvalue weighted by molar-refractivity contribution is 5.90. The first kappa shape index (κ1) is 54.2. The Kier molecular flexibility index (Phi) is 14.9. The number of esters is 2. The zero-order valence-electron chi connectivity index (χ0n) is 47.0. The van der Waals surface area contributed by atoms with Crippen LogP contribution in [0.15, 0.2) is 117 Å². The van der Waals surface area contributed by atoms with E-state index in [9.17, 15) is 20.1 Å². The fraction of sp³-hybridized carbons (Fsp3) is 0.500. The van der Waals surface area contributed by atoms with Gasteiger partial charge in [-0.05, 0) is 182 Å². The predicted octanol–water partition coefficient (Wildman–Crippen LogP) is 12.5. The van der Waals surface area contributed by atoms with Gasteiger partial charge in [0.2, 0.25) is 0 Å². The molecule has 1 spiro atoms. The molecule has 0 amide bonds. The van der Waals surface area contributed by atoms with Gasteiger partial charge < -0.3 is 38.7 Å². The van der Waals surface area contributed by atoms with Gasteiger partial charge in [0.25, 0.3) is 0 Å². The van der Waals surface area contributed by atoms with E-state index in [1.54, 1.807) is 13.0 Å². The Morgan fingerprint density at radius 3 is 2.56 bits per heavy atom. The molecule has 4 aromatic carbocycles. The number of ether oxygens (including phenoxy) is 4. The number of methoxy groups -OCH3 is 1. The highest BCUT2D eigenvalue weighted by Crippen LogP contribution is 2.60. The third-order valence-electron chi connectivity index (χ3n) is 21.2. The monoisotopic (exact) mass is 1090 g/mol. The van der Waals surface area contributed by atoms with Gasteiger partial charge in [-0.15, -0.1) is 0 Å². The molecule has 0 radical (unpaired) electrons. The van der Waals surface area contributed by atoms with Crippen LogP contribution in [-0.4, -0.2) is 65.9 Å². The van der Waals surface area contributed by atoms with Crippen molar-refractivity contribution >= 4 is 29.0 Å². The smallest absolute Gasteiger partial charge is 0.340 e. The molecule has 1 aromatic heterocycles. The van der Waals surface area contributed by atoms with E-state index in [1.165, 1.54) is 58.9 Å². The standard InChI is InChI=1S/C70H78O11/c1-41(38-72)54-26-23-42-18-21-49-34-47(42)20-19-45-12-7-11-44-14-9-32-70(63(44)45)66(80-67(54)75)65(62-59(81-70)29-28-56-57(39-73)61(68(76)79-64(56)62)50(30-33-71)40-77-2)78-60(74)37-51-35-48(24-27-55(49)51)46-13-8-16-53(36-46)69-31-6-5-15-52(69)25-22-43-10-3-4-17-58(43)69/h3-4,8-10,13-14,16-18,21-22,25,28-29,34,36,44-45,48,50-52,55,63,65-66,71-73H,5-7,11-12,15,19-20,23-24,26-27,30-33,35,37-40H2,1-2H3. The summed E-state index contributed by atoms with van der Waals surface area (Å²) < 4.78 is 33.8. The summed E-state index contributed by atoms with van der Waals surface area (Å²) in [6.07, 6.45) is 20.2. The van der Waals surface area contributed by atoms with Gasteiger partial charge in [-0.25, -0.2) is 9.59 Å². The summed E-state index contributed by atoms with van der Waals surface area (Å²) in [6.45, 7) is 0.778. The van der Waals surface area contributed by atoms with Gasteiger partial charge in [0.15, 0.2) is 17.8 Å². The van der Waals surface area contributed by atoms with Gasteiger partial charge in [-0.3, -0.25) is 4.79 Å². The van der Waals surface area contributed by atoms with Crippen LogP contribution in [0.3, 0.4) is 0 Å². The average molecular weight is 1100 g/mol. The third-order valence-corrected chi connectivity index (χ3v) is 21.2. The second kappa shape index (κ2) is 22.2. The van der Waals surface area contributed by atoms with Crippen LogP contribution in [-0.2, 0) is 48.7 Å². The van der Waals surface area contributed by atoms with Gasteiger partial charge in [-0.2, -0.15) is 0 Å². The van der Waals surface area contributed by atoms with Crippen LogP contribution in [0, 0.1) is 29.6 Å². The fourth-order valence-corrected chi connectivity index (χ4v) is 17.5. The molecule has 5 bridgehead atoms. The van der Waals surface area contributed by atoms with E-state index >= 15 is 9.59 Å². The maximum absolute atomic E-state index is 15.8. The maximum Gasteiger partial charge on any atom is 0.340 e. The van der Waals surface area contributed by atoms with E-state index in [0.29, 0.717) is 53.0 Å². The molecule has 8 aliphatic rings. The first-order valence-electron chi connectivity index (χ1n) is 30.5. The van der Waals surface area contributed by atoms with Crippen LogP contribution in [0.5, 0.6) is 5.75 Å². The summed E-state index contributed by atoms with van der Waals surface area (Å²) in [5, 5.41) is 32.6. The lowest BCUT2D eigenvalue weighted by Gasteiger charge is -2.56. The summed E-state index contributed by atoms with van der Waals surface area (Å²) in [5.41, 5.74) is 8.80. The van der Waals surface area contributed by atoms with Crippen molar-refractivity contribution in [3.05, 3.63) is 174 Å². The van der Waals surface area contributed by atoms with Gasteiger partial charge in [0, 0.05) is 60.3 Å². The molecular weight excluding hydrogens is 1020 g/mol. The molecule has 11 nitrogen and oxygen atoms in total. The molecule has 3 saturated carbocycles. The molecule has 12 unspecified atom stereocenters. The molecule has 3 fully saturated rings. The Balaban J connectivity index is 0.980. The van der Waals surface area contributed by atoms with Crippen molar-refractivity contribution in [3.63, 3.8) is 0 Å². The zero-order chi connectivity index (χ0) is 55.6. The largest absolute Gasteiger partial charge is 0.482 e. The van der Waals surface area contributed by atoms with E-state index in [-0.39, 0.29) is 90.3 Å². The number of allylic oxidation sites excluding steroid dienone is 2. The fourth-order valence-electron chi connectivity index (χ4n) is 17.5. The van der Waals surface area contributed by atoms with E-state index in [0.717, 1.165) is 64.2 Å². The van der Waals surface area contributed by atoms with Crippen LogP contribution < -0.4 is 10.4 Å². The number of hydrogen-bond donors (Lipinski definition) is 3. The lowest BCUT2D eigenvalue weighted by molar-refractivity contribution is -0.213. The maximum atomic E-state index is 15.8. The summed E-state index contributed by atoms with van der Waals surface area (Å²) in [7, 11) is 1.52. The van der Waals surface area contributed by atoms with Crippen molar-refractivity contribution in [2.45, 2.75) is 164 Å². The minimum Gasteiger partial charge on any atom is -0.482 e. The molecule has 3 N–H and O–H groups in total. The Morgan fingerprint density at radius 1 is 0.815 bits per heavy atom. The second-order valence-electron chi connectivity index (χ2n) is 25.2. The molecule has 13 rings (SSSR count). The first-order valence-corrected chi connectivity index (χ1v) is 30.5. The topological polar surface area (TPSA) is 162 Å². The minimum absolute atomic E-state index is 0.0581. The molecule has 11 heteroatoms. The number of fused-ring (bicyclic) bond motifs is 11. The Morgan fingerprint density at radius 2 is 1.70 bits per heavy atom. The SMILES string of the molecule is COCC(CCO)c1c(CO)c2ccc3c(c2oc1=O)C1OC(=O)CC2CC(c4cccc(C56CCCCC5C=Cc5ccccc56)c4)CCC2c2ccc4c(c2)CCC2CCCC5C=CCC(O3)(C1OC(=O)C(=C(C)CO)CC4)C52. The molecule has 0 saturated heterocycles. The van der Waals surface area contributed by atoms with Crippen LogP contribution in [0.1, 0.15) is 183 Å². The van der Waals surface area contributed by atoms with E-state index in [1.807, 2.05) is 6.07 Å².